The van der Waals surface area contributed by atoms with Crippen molar-refractivity contribution in [3.63, 3.8) is 0 Å². The minimum Gasteiger partial charge on any atom is -0.478 e. The zero-order valence-corrected chi connectivity index (χ0v) is 21.7. The van der Waals surface area contributed by atoms with E-state index < -0.39 is 5.97 Å². The molecule has 36 heavy (non-hydrogen) atoms. The minimum atomic E-state index is -0.926. The number of halogens is 1. The molecule has 1 N–H and O–H groups in total. The van der Waals surface area contributed by atoms with E-state index in [4.69, 9.17) is 0 Å². The van der Waals surface area contributed by atoms with Crippen molar-refractivity contribution in [1.82, 2.24) is 9.88 Å². The van der Waals surface area contributed by atoms with Gasteiger partial charge in [-0.2, -0.15) is 0 Å². The Kier molecular flexibility index (Phi) is 9.07. The summed E-state index contributed by atoms with van der Waals surface area (Å²) in [6, 6.07) is 19.1. The number of carbonyl (C=O) groups excluding carboxylic acids is 1. The van der Waals surface area contributed by atoms with Gasteiger partial charge in [0.1, 0.15) is 11.4 Å². The first-order valence-corrected chi connectivity index (χ1v) is 12.0. The average molecular weight is 509 g/mol. The van der Waals surface area contributed by atoms with Crippen molar-refractivity contribution in [3.05, 3.63) is 89.1 Å². The molecule has 3 aromatic rings. The highest BCUT2D eigenvalue weighted by molar-refractivity contribution is 6.05. The number of hydrogen-bond acceptors (Lipinski definition) is 5. The summed E-state index contributed by atoms with van der Waals surface area (Å²) in [5.74, 6) is -0.290. The number of rotatable bonds is 7. The molecular weight excluding hydrogens is 476 g/mol. The van der Waals surface area contributed by atoms with Crippen molar-refractivity contribution in [3.8, 4) is 0 Å². The van der Waals surface area contributed by atoms with Crippen molar-refractivity contribution < 1.29 is 14.7 Å². The highest BCUT2D eigenvalue weighted by atomic mass is 35.5. The maximum atomic E-state index is 12.8. The molecule has 0 radical (unpaired) electrons. The number of pyridine rings is 1. The number of anilines is 2. The molecule has 0 saturated carbocycles. The van der Waals surface area contributed by atoms with Gasteiger partial charge in [-0.25, -0.2) is 9.78 Å². The molecule has 1 aliphatic rings. The average Bonchev–Trinajstić information content (AvgIpc) is 2.88. The highest BCUT2D eigenvalue weighted by Crippen LogP contribution is 2.28. The molecular formula is C28H33ClN4O3. The van der Waals surface area contributed by atoms with Crippen LogP contribution in [0, 0.1) is 0 Å². The van der Waals surface area contributed by atoms with Crippen molar-refractivity contribution in [2.24, 2.45) is 0 Å². The molecule has 1 saturated heterocycles. The number of amides is 1. The number of aromatic carboxylic acids is 1. The van der Waals surface area contributed by atoms with Gasteiger partial charge in [-0.15, -0.1) is 12.4 Å². The molecule has 1 fully saturated rings. The van der Waals surface area contributed by atoms with E-state index in [1.165, 1.54) is 0 Å². The lowest BCUT2D eigenvalue weighted by molar-refractivity contribution is 0.0695. The molecule has 8 heteroatoms. The Morgan fingerprint density at radius 1 is 1.00 bits per heavy atom. The zero-order valence-electron chi connectivity index (χ0n) is 20.9. The molecule has 0 aliphatic carbocycles. The van der Waals surface area contributed by atoms with E-state index in [2.05, 4.69) is 26.9 Å². The first-order valence-electron chi connectivity index (χ1n) is 12.0. The smallest absolute Gasteiger partial charge is 0.339 e. The van der Waals surface area contributed by atoms with Crippen LogP contribution >= 0.6 is 12.4 Å². The Labute approximate surface area is 218 Å². The fourth-order valence-electron chi connectivity index (χ4n) is 4.54. The third-order valence-corrected chi connectivity index (χ3v) is 6.50. The summed E-state index contributed by atoms with van der Waals surface area (Å²) in [5, 5.41) is 9.85. The molecule has 190 valence electrons. The van der Waals surface area contributed by atoms with E-state index in [1.807, 2.05) is 56.3 Å². The summed E-state index contributed by atoms with van der Waals surface area (Å²) >= 11 is 0. The fraction of sp³-hybridized carbons (Fsp3) is 0.321. The van der Waals surface area contributed by atoms with Gasteiger partial charge in [0, 0.05) is 57.2 Å². The Balaban J connectivity index is 0.00000361. The highest BCUT2D eigenvalue weighted by Gasteiger charge is 2.26. The number of benzene rings is 2. The third kappa shape index (κ3) is 6.04. The Hall–Kier alpha value is -3.42. The van der Waals surface area contributed by atoms with Gasteiger partial charge in [0.25, 0.3) is 5.91 Å². The van der Waals surface area contributed by atoms with Gasteiger partial charge in [-0.1, -0.05) is 44.2 Å². The van der Waals surface area contributed by atoms with Crippen LogP contribution in [0.25, 0.3) is 0 Å². The molecule has 2 heterocycles. The molecule has 7 nitrogen and oxygen atoms in total. The lowest BCUT2D eigenvalue weighted by Crippen LogP contribution is -2.46. The topological polar surface area (TPSA) is 77.0 Å². The number of hydrogen-bond donors (Lipinski definition) is 1. The van der Waals surface area contributed by atoms with Crippen LogP contribution in [-0.4, -0.2) is 60.1 Å². The lowest BCUT2D eigenvalue weighted by atomic mass is 9.98. The predicted molar refractivity (Wildman–Crippen MR) is 146 cm³/mol. The maximum Gasteiger partial charge on any atom is 0.339 e. The summed E-state index contributed by atoms with van der Waals surface area (Å²) in [5.41, 5.74) is 3.78. The summed E-state index contributed by atoms with van der Waals surface area (Å²) in [6.07, 6.45) is 1.71. The van der Waals surface area contributed by atoms with Crippen molar-refractivity contribution >= 4 is 35.8 Å². The molecule has 1 aromatic heterocycles. The predicted octanol–water partition coefficient (Wildman–Crippen LogP) is 4.92. The van der Waals surface area contributed by atoms with Gasteiger partial charge < -0.3 is 14.9 Å². The van der Waals surface area contributed by atoms with Gasteiger partial charge in [0.05, 0.1) is 0 Å². The molecule has 2 aromatic carbocycles. The quantitative estimate of drug-likeness (QED) is 0.488. The Bertz CT molecular complexity index is 1190. The second kappa shape index (κ2) is 12.0. The molecule has 4 rings (SSSR count). The number of carboxylic acid groups (broad SMARTS) is 1. The fourth-order valence-corrected chi connectivity index (χ4v) is 4.54. The van der Waals surface area contributed by atoms with Gasteiger partial charge in [-0.3, -0.25) is 9.69 Å². The van der Waals surface area contributed by atoms with Crippen LogP contribution in [0.2, 0.25) is 0 Å². The first-order chi connectivity index (χ1) is 16.8. The molecule has 0 spiro atoms. The van der Waals surface area contributed by atoms with E-state index in [9.17, 15) is 14.7 Å². The standard InChI is InChI=1S/C28H32N4O3.ClH/c1-20(2)24-12-13-29-26(25(24)28(34)35)32-16-14-31(15-17-32)19-21-8-7-11-23(18-21)30(3)27(33)22-9-5-4-6-10-22;/h4-13,18,20H,14-17,19H2,1-3H3,(H,34,35);1H. The summed E-state index contributed by atoms with van der Waals surface area (Å²) < 4.78 is 0. The Morgan fingerprint density at radius 3 is 2.33 bits per heavy atom. The van der Waals surface area contributed by atoms with E-state index in [1.54, 1.807) is 24.2 Å². The second-order valence-corrected chi connectivity index (χ2v) is 9.22. The summed E-state index contributed by atoms with van der Waals surface area (Å²) in [4.78, 5) is 35.4. The van der Waals surface area contributed by atoms with Crippen LogP contribution in [-0.2, 0) is 6.54 Å². The van der Waals surface area contributed by atoms with E-state index in [0.29, 0.717) is 30.0 Å². The van der Waals surface area contributed by atoms with Crippen molar-refractivity contribution in [2.45, 2.75) is 26.3 Å². The number of aromatic nitrogens is 1. The van der Waals surface area contributed by atoms with Crippen LogP contribution in [0.1, 0.15) is 51.6 Å². The van der Waals surface area contributed by atoms with Gasteiger partial charge in [0.15, 0.2) is 0 Å². The van der Waals surface area contributed by atoms with Gasteiger partial charge >= 0.3 is 5.97 Å². The Morgan fingerprint density at radius 2 is 1.69 bits per heavy atom. The maximum absolute atomic E-state index is 12.8. The second-order valence-electron chi connectivity index (χ2n) is 9.22. The van der Waals surface area contributed by atoms with E-state index in [-0.39, 0.29) is 24.2 Å². The van der Waals surface area contributed by atoms with Crippen LogP contribution < -0.4 is 9.80 Å². The number of carbonyl (C=O) groups is 2. The largest absolute Gasteiger partial charge is 0.478 e. The van der Waals surface area contributed by atoms with Crippen LogP contribution in [0.3, 0.4) is 0 Å². The number of nitrogens with zero attached hydrogens (tertiary/aromatic N) is 4. The molecule has 0 unspecified atom stereocenters. The zero-order chi connectivity index (χ0) is 24.9. The molecule has 0 atom stereocenters. The monoisotopic (exact) mass is 508 g/mol. The van der Waals surface area contributed by atoms with E-state index >= 15 is 0 Å². The molecule has 1 amide bonds. The first kappa shape index (κ1) is 27.2. The molecule has 0 bridgehead atoms. The lowest BCUT2D eigenvalue weighted by Gasteiger charge is -2.36. The van der Waals surface area contributed by atoms with Crippen molar-refractivity contribution in [1.29, 1.82) is 0 Å². The number of carboxylic acids is 1. The number of piperazine rings is 1. The minimum absolute atomic E-state index is 0. The SMILES string of the molecule is CC(C)c1ccnc(N2CCN(Cc3cccc(N(C)C(=O)c4ccccc4)c3)CC2)c1C(=O)O.Cl. The van der Waals surface area contributed by atoms with E-state index in [0.717, 1.165) is 36.4 Å². The molecule has 1 aliphatic heterocycles. The van der Waals surface area contributed by atoms with Crippen LogP contribution in [0.15, 0.2) is 66.9 Å². The van der Waals surface area contributed by atoms with Crippen LogP contribution in [0.4, 0.5) is 11.5 Å². The normalized spacial score (nSPS) is 13.8. The van der Waals surface area contributed by atoms with Crippen LogP contribution in [0.5, 0.6) is 0 Å². The summed E-state index contributed by atoms with van der Waals surface area (Å²) in [7, 11) is 1.80. The third-order valence-electron chi connectivity index (χ3n) is 6.50. The summed E-state index contributed by atoms with van der Waals surface area (Å²) in [6.45, 7) is 7.79. The van der Waals surface area contributed by atoms with Crippen molar-refractivity contribution in [2.75, 3.05) is 43.0 Å². The van der Waals surface area contributed by atoms with Gasteiger partial charge in [-0.05, 0) is 47.4 Å². The van der Waals surface area contributed by atoms with Gasteiger partial charge in [0.2, 0.25) is 0 Å².